The average Bonchev–Trinajstić information content (AvgIpc) is 2.30. The van der Waals surface area contributed by atoms with Crippen molar-refractivity contribution >= 4 is 15.9 Å². The highest BCUT2D eigenvalue weighted by Crippen LogP contribution is 2.32. The van der Waals surface area contributed by atoms with Gasteiger partial charge >= 0.3 is 0 Å². The van der Waals surface area contributed by atoms with E-state index in [1.165, 1.54) is 69.5 Å². The van der Waals surface area contributed by atoms with Gasteiger partial charge in [-0.05, 0) is 24.7 Å². The zero-order chi connectivity index (χ0) is 10.9. The number of rotatable bonds is 7. The van der Waals surface area contributed by atoms with E-state index in [1.807, 2.05) is 0 Å². The van der Waals surface area contributed by atoms with Crippen molar-refractivity contribution in [2.24, 2.45) is 11.8 Å². The zero-order valence-electron chi connectivity index (χ0n) is 10.3. The second kappa shape index (κ2) is 8.61. The van der Waals surface area contributed by atoms with Gasteiger partial charge in [-0.3, -0.25) is 0 Å². The fraction of sp³-hybridized carbons (Fsp3) is 1.00. The Morgan fingerprint density at radius 3 is 2.07 bits per heavy atom. The van der Waals surface area contributed by atoms with Crippen LogP contribution in [0.25, 0.3) is 0 Å². The van der Waals surface area contributed by atoms with Crippen molar-refractivity contribution in [2.45, 2.75) is 71.1 Å². The molecular formula is C14H27Br. The summed E-state index contributed by atoms with van der Waals surface area (Å²) in [5.41, 5.74) is 0. The van der Waals surface area contributed by atoms with Crippen LogP contribution in [-0.4, -0.2) is 5.33 Å². The van der Waals surface area contributed by atoms with Crippen molar-refractivity contribution in [3.63, 3.8) is 0 Å². The van der Waals surface area contributed by atoms with E-state index in [0.29, 0.717) is 0 Å². The second-order valence-electron chi connectivity index (χ2n) is 5.24. The van der Waals surface area contributed by atoms with Gasteiger partial charge in [0.05, 0.1) is 0 Å². The molecule has 0 N–H and O–H groups in total. The van der Waals surface area contributed by atoms with Gasteiger partial charge in [0.15, 0.2) is 0 Å². The van der Waals surface area contributed by atoms with E-state index in [1.54, 1.807) is 0 Å². The average molecular weight is 275 g/mol. The van der Waals surface area contributed by atoms with Gasteiger partial charge in [-0.2, -0.15) is 0 Å². The van der Waals surface area contributed by atoms with Crippen molar-refractivity contribution < 1.29 is 0 Å². The summed E-state index contributed by atoms with van der Waals surface area (Å²) in [6.07, 6.45) is 14.7. The Bertz CT molecular complexity index is 136. The molecule has 1 aliphatic rings. The molecule has 1 rings (SSSR count). The molecule has 0 aromatic carbocycles. The Labute approximate surface area is 104 Å². The van der Waals surface area contributed by atoms with Gasteiger partial charge in [0, 0.05) is 5.33 Å². The lowest BCUT2D eigenvalue weighted by Gasteiger charge is -2.27. The minimum absolute atomic E-state index is 0.987. The van der Waals surface area contributed by atoms with Gasteiger partial charge in [-0.1, -0.05) is 74.2 Å². The maximum Gasteiger partial charge on any atom is 0.00596 e. The molecule has 0 aliphatic heterocycles. The first-order chi connectivity index (χ1) is 7.36. The van der Waals surface area contributed by atoms with E-state index in [-0.39, 0.29) is 0 Å². The van der Waals surface area contributed by atoms with Gasteiger partial charge in [-0.15, -0.1) is 0 Å². The summed E-state index contributed by atoms with van der Waals surface area (Å²) < 4.78 is 0. The summed E-state index contributed by atoms with van der Waals surface area (Å²) in [7, 11) is 0. The van der Waals surface area contributed by atoms with E-state index >= 15 is 0 Å². The van der Waals surface area contributed by atoms with Crippen LogP contribution in [-0.2, 0) is 0 Å². The van der Waals surface area contributed by atoms with Crippen LogP contribution >= 0.6 is 15.9 Å². The third-order valence-corrected chi connectivity index (χ3v) is 4.82. The largest absolute Gasteiger partial charge is 0.0925 e. The van der Waals surface area contributed by atoms with E-state index in [2.05, 4.69) is 22.9 Å². The molecule has 1 aliphatic carbocycles. The number of hydrogen-bond acceptors (Lipinski definition) is 0. The summed E-state index contributed by atoms with van der Waals surface area (Å²) in [5.74, 6) is 2.06. The molecule has 15 heavy (non-hydrogen) atoms. The molecule has 0 atom stereocenters. The van der Waals surface area contributed by atoms with Gasteiger partial charge in [0.25, 0.3) is 0 Å². The third-order valence-electron chi connectivity index (χ3n) is 3.90. The maximum absolute atomic E-state index is 3.61. The standard InChI is InChI=1S/C14H27Br/c1-2-3-4-5-6-7-13-8-10-14(12-15)11-9-13/h13-14H,2-12H2,1H3. The monoisotopic (exact) mass is 274 g/mol. The summed E-state index contributed by atoms with van der Waals surface area (Å²) in [4.78, 5) is 0. The van der Waals surface area contributed by atoms with Crippen LogP contribution < -0.4 is 0 Å². The van der Waals surface area contributed by atoms with Gasteiger partial charge in [0.1, 0.15) is 0 Å². The molecule has 0 saturated heterocycles. The van der Waals surface area contributed by atoms with Crippen LogP contribution in [0.1, 0.15) is 71.1 Å². The fourth-order valence-corrected chi connectivity index (χ4v) is 3.36. The number of alkyl halides is 1. The van der Waals surface area contributed by atoms with Gasteiger partial charge in [0.2, 0.25) is 0 Å². The predicted octanol–water partition coefficient (Wildman–Crippen LogP) is 5.55. The quantitative estimate of drug-likeness (QED) is 0.422. The molecule has 0 amide bonds. The number of unbranched alkanes of at least 4 members (excludes halogenated alkanes) is 4. The molecule has 0 spiro atoms. The van der Waals surface area contributed by atoms with Crippen LogP contribution in [0.5, 0.6) is 0 Å². The van der Waals surface area contributed by atoms with Gasteiger partial charge in [-0.25, -0.2) is 0 Å². The summed E-state index contributed by atoms with van der Waals surface area (Å²) in [6, 6.07) is 0. The van der Waals surface area contributed by atoms with E-state index in [0.717, 1.165) is 11.8 Å². The minimum atomic E-state index is 0.987. The molecule has 0 bridgehead atoms. The Kier molecular flexibility index (Phi) is 7.78. The maximum atomic E-state index is 3.61. The van der Waals surface area contributed by atoms with Gasteiger partial charge < -0.3 is 0 Å². The van der Waals surface area contributed by atoms with Crippen molar-refractivity contribution in [2.75, 3.05) is 5.33 Å². The molecule has 0 aromatic heterocycles. The zero-order valence-corrected chi connectivity index (χ0v) is 11.9. The Morgan fingerprint density at radius 2 is 1.47 bits per heavy atom. The molecule has 0 nitrogen and oxygen atoms in total. The molecule has 0 heterocycles. The highest BCUT2D eigenvalue weighted by molar-refractivity contribution is 9.09. The Balaban J connectivity index is 1.94. The Morgan fingerprint density at radius 1 is 0.867 bits per heavy atom. The van der Waals surface area contributed by atoms with Crippen LogP contribution in [0, 0.1) is 11.8 Å². The van der Waals surface area contributed by atoms with Crippen LogP contribution in [0.4, 0.5) is 0 Å². The van der Waals surface area contributed by atoms with E-state index in [9.17, 15) is 0 Å². The molecule has 0 unspecified atom stereocenters. The fourth-order valence-electron chi connectivity index (χ4n) is 2.71. The third kappa shape index (κ3) is 5.94. The van der Waals surface area contributed by atoms with E-state index in [4.69, 9.17) is 0 Å². The van der Waals surface area contributed by atoms with Crippen LogP contribution in [0.2, 0.25) is 0 Å². The molecule has 1 saturated carbocycles. The van der Waals surface area contributed by atoms with Crippen molar-refractivity contribution in [3.8, 4) is 0 Å². The topological polar surface area (TPSA) is 0 Å². The first kappa shape index (κ1) is 13.5. The van der Waals surface area contributed by atoms with E-state index < -0.39 is 0 Å². The number of hydrogen-bond donors (Lipinski definition) is 0. The predicted molar refractivity (Wildman–Crippen MR) is 72.6 cm³/mol. The first-order valence-electron chi connectivity index (χ1n) is 6.92. The summed E-state index contributed by atoms with van der Waals surface area (Å²) >= 11 is 3.61. The molecule has 1 heteroatoms. The number of halogens is 1. The van der Waals surface area contributed by atoms with Crippen LogP contribution in [0.15, 0.2) is 0 Å². The highest BCUT2D eigenvalue weighted by atomic mass is 79.9. The van der Waals surface area contributed by atoms with Crippen molar-refractivity contribution in [1.82, 2.24) is 0 Å². The minimum Gasteiger partial charge on any atom is -0.0925 e. The smallest absolute Gasteiger partial charge is 0.00596 e. The summed E-state index contributed by atoms with van der Waals surface area (Å²) in [6.45, 7) is 2.29. The second-order valence-corrected chi connectivity index (χ2v) is 5.89. The lowest BCUT2D eigenvalue weighted by atomic mass is 9.80. The molecule has 0 radical (unpaired) electrons. The Hall–Kier alpha value is 0.480. The lowest BCUT2D eigenvalue weighted by molar-refractivity contribution is 0.275. The van der Waals surface area contributed by atoms with Crippen molar-refractivity contribution in [3.05, 3.63) is 0 Å². The normalized spacial score (nSPS) is 26.8. The van der Waals surface area contributed by atoms with Crippen LogP contribution in [0.3, 0.4) is 0 Å². The SMILES string of the molecule is CCCCCCCC1CCC(CBr)CC1. The molecule has 0 aromatic rings. The lowest BCUT2D eigenvalue weighted by Crippen LogP contribution is -2.15. The molecule has 1 fully saturated rings. The molecule has 90 valence electrons. The molecular weight excluding hydrogens is 248 g/mol. The summed E-state index contributed by atoms with van der Waals surface area (Å²) in [5, 5.41) is 1.23. The van der Waals surface area contributed by atoms with Crippen molar-refractivity contribution in [1.29, 1.82) is 0 Å². The highest BCUT2D eigenvalue weighted by Gasteiger charge is 2.19. The first-order valence-corrected chi connectivity index (χ1v) is 8.05.